The van der Waals surface area contributed by atoms with Crippen LogP contribution in [0, 0.1) is 0 Å². The third kappa shape index (κ3) is 5.06. The highest BCUT2D eigenvalue weighted by atomic mass is 79.9. The number of carboxylic acids is 1. The number of aliphatic carboxylic acids is 1. The van der Waals surface area contributed by atoms with E-state index in [2.05, 4.69) is 26.3 Å². The number of carbonyl (C=O) groups is 4. The summed E-state index contributed by atoms with van der Waals surface area (Å²) in [5, 5.41) is 15.1. The van der Waals surface area contributed by atoms with Gasteiger partial charge in [0.05, 0.1) is 16.7 Å². The lowest BCUT2D eigenvalue weighted by molar-refractivity contribution is -0.151. The number of ether oxygens (including phenoxy) is 1. The first-order valence-electron chi connectivity index (χ1n) is 10.6. The van der Waals surface area contributed by atoms with Crippen LogP contribution in [0.3, 0.4) is 0 Å². The minimum absolute atomic E-state index is 0.0566. The quantitative estimate of drug-likeness (QED) is 0.353. The van der Waals surface area contributed by atoms with Gasteiger partial charge in [0.1, 0.15) is 23.7 Å². The molecule has 4 rings (SSSR count). The molecule has 0 unspecified atom stereocenters. The van der Waals surface area contributed by atoms with E-state index >= 15 is 0 Å². The van der Waals surface area contributed by atoms with Crippen LogP contribution in [0.25, 0.3) is 0 Å². The van der Waals surface area contributed by atoms with Gasteiger partial charge in [-0.1, -0.05) is 0 Å². The molecule has 1 aromatic heterocycles. The Hall–Kier alpha value is -2.55. The molecule has 3 heterocycles. The SMILES string of the molecule is CC(=O)OCC1=C(C(=O)O)N2C(=O)[C@@H](NC(=O)CCn3nc(C(F)(F)F)c(Br)c3C3CC3)[C@H]2SC1. The lowest BCUT2D eigenvalue weighted by atomic mass is 10.0. The number of aromatic nitrogens is 2. The zero-order valence-corrected chi connectivity index (χ0v) is 20.6. The maximum atomic E-state index is 13.3. The summed E-state index contributed by atoms with van der Waals surface area (Å²) < 4.78 is 45.7. The van der Waals surface area contributed by atoms with E-state index in [0.29, 0.717) is 5.69 Å². The van der Waals surface area contributed by atoms with Crippen molar-refractivity contribution in [3.05, 3.63) is 27.1 Å². The predicted octanol–water partition coefficient (Wildman–Crippen LogP) is 2.23. The summed E-state index contributed by atoms with van der Waals surface area (Å²) in [7, 11) is 0. The first kappa shape index (κ1) is 25.5. The summed E-state index contributed by atoms with van der Waals surface area (Å²) in [6.07, 6.45) is -3.39. The van der Waals surface area contributed by atoms with E-state index < -0.39 is 47.0 Å². The van der Waals surface area contributed by atoms with Gasteiger partial charge in [-0.05, 0) is 28.8 Å². The highest BCUT2D eigenvalue weighted by Crippen LogP contribution is 2.47. The number of aryl methyl sites for hydroxylation is 1. The minimum atomic E-state index is -4.64. The molecule has 190 valence electrons. The number of carbonyl (C=O) groups excluding carboxylic acids is 3. The molecule has 0 spiro atoms. The Morgan fingerprint density at radius 2 is 2.00 bits per heavy atom. The molecule has 2 aliphatic heterocycles. The fraction of sp³-hybridized carbons (Fsp3) is 0.550. The van der Waals surface area contributed by atoms with Crippen LogP contribution in [0.1, 0.15) is 43.5 Å². The van der Waals surface area contributed by atoms with Gasteiger partial charge in [-0.3, -0.25) is 24.0 Å². The van der Waals surface area contributed by atoms with Crippen LogP contribution < -0.4 is 5.32 Å². The number of rotatable bonds is 8. The summed E-state index contributed by atoms with van der Waals surface area (Å²) in [4.78, 5) is 49.0. The zero-order valence-electron chi connectivity index (χ0n) is 18.2. The fourth-order valence-electron chi connectivity index (χ4n) is 3.99. The van der Waals surface area contributed by atoms with E-state index in [0.717, 1.165) is 17.7 Å². The third-order valence-corrected chi connectivity index (χ3v) is 7.85. The summed E-state index contributed by atoms with van der Waals surface area (Å²) >= 11 is 4.21. The van der Waals surface area contributed by atoms with Crippen LogP contribution in [0.15, 0.2) is 15.7 Å². The second-order valence-corrected chi connectivity index (χ2v) is 10.2. The second kappa shape index (κ2) is 9.48. The van der Waals surface area contributed by atoms with Crippen LogP contribution >= 0.6 is 27.7 Å². The van der Waals surface area contributed by atoms with E-state index in [-0.39, 0.29) is 47.0 Å². The number of hydrogen-bond acceptors (Lipinski definition) is 7. The Bertz CT molecular complexity index is 1130. The highest BCUT2D eigenvalue weighted by Gasteiger charge is 2.54. The average molecular weight is 581 g/mol. The predicted molar refractivity (Wildman–Crippen MR) is 118 cm³/mol. The van der Waals surface area contributed by atoms with Gasteiger partial charge >= 0.3 is 18.1 Å². The van der Waals surface area contributed by atoms with Gasteiger partial charge in [0.25, 0.3) is 5.91 Å². The first-order valence-corrected chi connectivity index (χ1v) is 12.4. The van der Waals surface area contributed by atoms with Crippen LogP contribution in [-0.4, -0.2) is 67.3 Å². The molecular weight excluding hydrogens is 561 g/mol. The Morgan fingerprint density at radius 1 is 1.31 bits per heavy atom. The Balaban J connectivity index is 1.41. The number of β-lactam (4-membered cyclic amide) rings is 1. The number of hydrogen-bond donors (Lipinski definition) is 2. The molecule has 0 bridgehead atoms. The van der Waals surface area contributed by atoms with E-state index in [9.17, 15) is 37.5 Å². The van der Waals surface area contributed by atoms with Gasteiger partial charge in [-0.25, -0.2) is 4.79 Å². The minimum Gasteiger partial charge on any atom is -0.477 e. The Kier molecular flexibility index (Phi) is 6.92. The number of halogens is 4. The summed E-state index contributed by atoms with van der Waals surface area (Å²) in [6.45, 7) is 0.807. The van der Waals surface area contributed by atoms with E-state index in [4.69, 9.17) is 4.74 Å². The molecule has 2 atom stereocenters. The molecule has 10 nitrogen and oxygen atoms in total. The molecule has 2 fully saturated rings. The summed E-state index contributed by atoms with van der Waals surface area (Å²) in [6, 6.07) is -0.977. The first-order chi connectivity index (χ1) is 16.4. The third-order valence-electron chi connectivity index (χ3n) is 5.73. The average Bonchev–Trinajstić information content (AvgIpc) is 3.55. The van der Waals surface area contributed by atoms with Gasteiger partial charge in [0.2, 0.25) is 5.91 Å². The smallest absolute Gasteiger partial charge is 0.436 e. The maximum Gasteiger partial charge on any atom is 0.436 e. The number of nitrogens with one attached hydrogen (secondary N) is 1. The molecule has 1 saturated heterocycles. The number of nitrogens with zero attached hydrogens (tertiary/aromatic N) is 3. The Morgan fingerprint density at radius 3 is 2.57 bits per heavy atom. The monoisotopic (exact) mass is 580 g/mol. The van der Waals surface area contributed by atoms with Crippen molar-refractivity contribution < 1.29 is 42.2 Å². The van der Waals surface area contributed by atoms with E-state index in [1.807, 2.05) is 0 Å². The van der Waals surface area contributed by atoms with Crippen LogP contribution in [0.5, 0.6) is 0 Å². The number of esters is 1. The lowest BCUT2D eigenvalue weighted by Gasteiger charge is -2.49. The van der Waals surface area contributed by atoms with E-state index in [1.54, 1.807) is 0 Å². The zero-order chi connectivity index (χ0) is 25.7. The number of amides is 2. The largest absolute Gasteiger partial charge is 0.477 e. The summed E-state index contributed by atoms with van der Waals surface area (Å²) in [5.41, 5.74) is -0.652. The molecule has 3 aliphatic rings. The van der Waals surface area contributed by atoms with E-state index in [1.165, 1.54) is 23.4 Å². The molecule has 2 N–H and O–H groups in total. The number of thioether (sulfide) groups is 1. The molecule has 0 aromatic carbocycles. The maximum absolute atomic E-state index is 13.3. The molecule has 1 aromatic rings. The molecule has 15 heteroatoms. The number of carboxylic acid groups (broad SMARTS) is 1. The van der Waals surface area contributed by atoms with Crippen molar-refractivity contribution in [3.8, 4) is 0 Å². The van der Waals surface area contributed by atoms with Gasteiger partial charge in [0, 0.05) is 30.6 Å². The van der Waals surface area contributed by atoms with Crippen molar-refractivity contribution in [1.29, 1.82) is 0 Å². The lowest BCUT2D eigenvalue weighted by Crippen LogP contribution is -2.70. The van der Waals surface area contributed by atoms with Gasteiger partial charge < -0.3 is 15.2 Å². The molecule has 1 aliphatic carbocycles. The van der Waals surface area contributed by atoms with Crippen molar-refractivity contribution >= 4 is 51.4 Å². The van der Waals surface area contributed by atoms with Crippen molar-refractivity contribution in [1.82, 2.24) is 20.0 Å². The topological polar surface area (TPSA) is 131 Å². The van der Waals surface area contributed by atoms with Crippen molar-refractivity contribution in [2.24, 2.45) is 0 Å². The Labute approximate surface area is 209 Å². The molecule has 2 amide bonds. The number of fused-ring (bicyclic) bond motifs is 1. The molecular formula is C20H20BrF3N4O6S. The van der Waals surface area contributed by atoms with Gasteiger partial charge in [-0.15, -0.1) is 11.8 Å². The van der Waals surface area contributed by atoms with Crippen molar-refractivity contribution in [3.63, 3.8) is 0 Å². The molecule has 35 heavy (non-hydrogen) atoms. The summed E-state index contributed by atoms with van der Waals surface area (Å²) in [5.74, 6) is -3.02. The number of alkyl halides is 3. The standard InChI is InChI=1S/C20H20BrF3N4O6S/c1-8(29)34-6-10-7-35-18-13(17(31)28(18)15(10)19(32)33)25-11(30)4-5-27-14(9-2-3-9)12(21)16(26-27)20(22,23)24/h9,13,18H,2-7H2,1H3,(H,25,30)(H,32,33)/t13-,18-/m1/s1. The molecule has 1 saturated carbocycles. The highest BCUT2D eigenvalue weighted by molar-refractivity contribution is 9.10. The second-order valence-electron chi connectivity index (χ2n) is 8.29. The van der Waals surface area contributed by atoms with Crippen molar-refractivity contribution in [2.75, 3.05) is 12.4 Å². The van der Waals surface area contributed by atoms with Gasteiger partial charge in [-0.2, -0.15) is 18.3 Å². The van der Waals surface area contributed by atoms with Crippen LogP contribution in [-0.2, 0) is 36.6 Å². The van der Waals surface area contributed by atoms with Crippen LogP contribution in [0.4, 0.5) is 13.2 Å². The van der Waals surface area contributed by atoms with Gasteiger partial charge in [0.15, 0.2) is 5.69 Å². The van der Waals surface area contributed by atoms with Crippen molar-refractivity contribution in [2.45, 2.75) is 56.2 Å². The fourth-order valence-corrected chi connectivity index (χ4v) is 6.15. The van der Waals surface area contributed by atoms with Crippen LogP contribution in [0.2, 0.25) is 0 Å². The molecule has 0 radical (unpaired) electrons. The normalized spacial score (nSPS) is 22.0.